The van der Waals surface area contributed by atoms with Crippen LogP contribution in [0.15, 0.2) is 47.6 Å². The first-order valence-corrected chi connectivity index (χ1v) is 7.78. The molecule has 0 aliphatic carbocycles. The van der Waals surface area contributed by atoms with E-state index >= 15 is 0 Å². The van der Waals surface area contributed by atoms with Crippen molar-refractivity contribution in [3.63, 3.8) is 0 Å². The van der Waals surface area contributed by atoms with Crippen LogP contribution in [0, 0.1) is 6.92 Å². The molecule has 1 aromatic heterocycles. The number of methoxy groups -OCH3 is 1. The second-order valence-electron chi connectivity index (χ2n) is 5.21. The number of benzene rings is 1. The number of rotatable bonds is 6. The minimum Gasteiger partial charge on any atom is -0.481 e. The van der Waals surface area contributed by atoms with Crippen molar-refractivity contribution in [2.24, 2.45) is 4.99 Å². The molecule has 2 aromatic rings. The van der Waals surface area contributed by atoms with Crippen molar-refractivity contribution in [2.45, 2.75) is 26.9 Å². The van der Waals surface area contributed by atoms with E-state index < -0.39 is 0 Å². The van der Waals surface area contributed by atoms with Gasteiger partial charge in [-0.05, 0) is 25.5 Å². The second kappa shape index (κ2) is 10.9. The topological polar surface area (TPSA) is 58.5 Å². The average molecular weight is 440 g/mol. The van der Waals surface area contributed by atoms with Crippen molar-refractivity contribution in [1.29, 1.82) is 0 Å². The molecule has 24 heavy (non-hydrogen) atoms. The predicted molar refractivity (Wildman–Crippen MR) is 109 cm³/mol. The molecular weight excluding hydrogens is 415 g/mol. The molecule has 130 valence electrons. The highest BCUT2D eigenvalue weighted by Crippen LogP contribution is 2.12. The summed E-state index contributed by atoms with van der Waals surface area (Å²) in [7, 11) is 1.63. The highest BCUT2D eigenvalue weighted by atomic mass is 127. The number of aryl methyl sites for hydroxylation is 1. The Bertz CT molecular complexity index is 661. The SMILES string of the molecule is CCNC(=NCc1cccc(C)c1)NCc1cccnc1OC.I. The Morgan fingerprint density at radius 2 is 2.04 bits per heavy atom. The number of ether oxygens (including phenoxy) is 1. The smallest absolute Gasteiger partial charge is 0.218 e. The van der Waals surface area contributed by atoms with E-state index in [1.807, 2.05) is 12.1 Å². The van der Waals surface area contributed by atoms with Crippen molar-refractivity contribution >= 4 is 29.9 Å². The molecule has 2 rings (SSSR count). The lowest BCUT2D eigenvalue weighted by Gasteiger charge is -2.13. The number of halogens is 1. The molecule has 0 aliphatic rings. The standard InChI is InChI=1S/C18H24N4O.HI/c1-4-19-18(21-12-15-8-5-7-14(2)11-15)22-13-16-9-6-10-20-17(16)23-3;/h5-11H,4,12-13H2,1-3H3,(H2,19,21,22);1H. The van der Waals surface area contributed by atoms with Gasteiger partial charge in [-0.2, -0.15) is 0 Å². The van der Waals surface area contributed by atoms with Crippen molar-refractivity contribution in [1.82, 2.24) is 15.6 Å². The molecule has 6 heteroatoms. The minimum absolute atomic E-state index is 0. The van der Waals surface area contributed by atoms with Crippen molar-refractivity contribution in [3.8, 4) is 5.88 Å². The van der Waals surface area contributed by atoms with Gasteiger partial charge in [-0.15, -0.1) is 24.0 Å². The first kappa shape index (κ1) is 20.2. The fourth-order valence-corrected chi connectivity index (χ4v) is 2.24. The van der Waals surface area contributed by atoms with Gasteiger partial charge in [0.1, 0.15) is 0 Å². The summed E-state index contributed by atoms with van der Waals surface area (Å²) in [5, 5.41) is 6.57. The molecule has 0 spiro atoms. The average Bonchev–Trinajstić information content (AvgIpc) is 2.57. The number of nitrogens with zero attached hydrogens (tertiary/aromatic N) is 2. The number of hydrogen-bond donors (Lipinski definition) is 2. The minimum atomic E-state index is 0. The summed E-state index contributed by atoms with van der Waals surface area (Å²) in [5.74, 6) is 1.41. The highest BCUT2D eigenvalue weighted by molar-refractivity contribution is 14.0. The molecule has 0 unspecified atom stereocenters. The number of aliphatic imine (C=N–C) groups is 1. The number of guanidine groups is 1. The summed E-state index contributed by atoms with van der Waals surface area (Å²) >= 11 is 0. The zero-order valence-corrected chi connectivity index (χ0v) is 16.7. The van der Waals surface area contributed by atoms with E-state index in [0.29, 0.717) is 19.0 Å². The van der Waals surface area contributed by atoms with Crippen LogP contribution in [0.1, 0.15) is 23.6 Å². The summed E-state index contributed by atoms with van der Waals surface area (Å²) in [6, 6.07) is 12.3. The van der Waals surface area contributed by atoms with Crippen LogP contribution >= 0.6 is 24.0 Å². The number of aromatic nitrogens is 1. The molecule has 0 radical (unpaired) electrons. The Morgan fingerprint density at radius 3 is 2.75 bits per heavy atom. The molecule has 0 amide bonds. The number of hydrogen-bond acceptors (Lipinski definition) is 3. The molecule has 0 bridgehead atoms. The summed E-state index contributed by atoms with van der Waals surface area (Å²) in [6.45, 7) is 6.20. The van der Waals surface area contributed by atoms with Crippen LogP contribution in [-0.4, -0.2) is 24.6 Å². The molecule has 1 aromatic carbocycles. The molecule has 0 saturated carbocycles. The summed E-state index contributed by atoms with van der Waals surface area (Å²) in [6.07, 6.45) is 1.72. The third-order valence-electron chi connectivity index (χ3n) is 3.34. The van der Waals surface area contributed by atoms with Crippen LogP contribution < -0.4 is 15.4 Å². The van der Waals surface area contributed by atoms with Crippen molar-refractivity contribution in [3.05, 3.63) is 59.3 Å². The normalized spacial score (nSPS) is 10.7. The molecule has 0 saturated heterocycles. The zero-order chi connectivity index (χ0) is 16.5. The maximum Gasteiger partial charge on any atom is 0.218 e. The lowest BCUT2D eigenvalue weighted by molar-refractivity contribution is 0.392. The van der Waals surface area contributed by atoms with Crippen molar-refractivity contribution < 1.29 is 4.74 Å². The molecule has 2 N–H and O–H groups in total. The molecule has 0 atom stereocenters. The molecule has 0 aliphatic heterocycles. The summed E-state index contributed by atoms with van der Waals surface area (Å²) in [5.41, 5.74) is 3.44. The first-order chi connectivity index (χ1) is 11.2. The van der Waals surface area contributed by atoms with Crippen LogP contribution in [0.25, 0.3) is 0 Å². The Hall–Kier alpha value is -1.83. The van der Waals surface area contributed by atoms with Gasteiger partial charge in [0.2, 0.25) is 5.88 Å². The maximum absolute atomic E-state index is 5.27. The lowest BCUT2D eigenvalue weighted by Crippen LogP contribution is -2.36. The maximum atomic E-state index is 5.27. The van der Waals surface area contributed by atoms with Gasteiger partial charge in [-0.3, -0.25) is 0 Å². The summed E-state index contributed by atoms with van der Waals surface area (Å²) < 4.78 is 5.27. The molecule has 0 fully saturated rings. The highest BCUT2D eigenvalue weighted by Gasteiger charge is 2.04. The Kier molecular flexibility index (Phi) is 9.14. The van der Waals surface area contributed by atoms with Crippen LogP contribution in [0.3, 0.4) is 0 Å². The van der Waals surface area contributed by atoms with Crippen molar-refractivity contribution in [2.75, 3.05) is 13.7 Å². The number of nitrogens with one attached hydrogen (secondary N) is 2. The molecular formula is C18H25IN4O. The van der Waals surface area contributed by atoms with E-state index in [1.165, 1.54) is 11.1 Å². The Labute approximate surface area is 161 Å². The van der Waals surface area contributed by atoms with Gasteiger partial charge in [-0.1, -0.05) is 35.9 Å². The largest absolute Gasteiger partial charge is 0.481 e. The fraction of sp³-hybridized carbons (Fsp3) is 0.333. The zero-order valence-electron chi connectivity index (χ0n) is 14.4. The number of pyridine rings is 1. The van der Waals surface area contributed by atoms with Gasteiger partial charge in [0.15, 0.2) is 5.96 Å². The Morgan fingerprint density at radius 1 is 1.21 bits per heavy atom. The molecule has 1 heterocycles. The third-order valence-corrected chi connectivity index (χ3v) is 3.34. The summed E-state index contributed by atoms with van der Waals surface area (Å²) in [4.78, 5) is 8.83. The van der Waals surface area contributed by atoms with E-state index in [2.05, 4.69) is 58.7 Å². The second-order valence-corrected chi connectivity index (χ2v) is 5.21. The quantitative estimate of drug-likeness (QED) is 0.411. The van der Waals surface area contributed by atoms with Crippen LogP contribution in [0.4, 0.5) is 0 Å². The van der Waals surface area contributed by atoms with E-state index in [0.717, 1.165) is 18.1 Å². The van der Waals surface area contributed by atoms with Crippen LogP contribution in [0.2, 0.25) is 0 Å². The van der Waals surface area contributed by atoms with Gasteiger partial charge >= 0.3 is 0 Å². The van der Waals surface area contributed by atoms with E-state index in [4.69, 9.17) is 4.74 Å². The van der Waals surface area contributed by atoms with Gasteiger partial charge in [-0.25, -0.2) is 9.98 Å². The van der Waals surface area contributed by atoms with Gasteiger partial charge < -0.3 is 15.4 Å². The monoisotopic (exact) mass is 440 g/mol. The molecule has 5 nitrogen and oxygen atoms in total. The third kappa shape index (κ3) is 6.35. The van der Waals surface area contributed by atoms with Gasteiger partial charge in [0.25, 0.3) is 0 Å². The Balaban J connectivity index is 0.00000288. The van der Waals surface area contributed by atoms with Crippen LogP contribution in [0.5, 0.6) is 5.88 Å². The van der Waals surface area contributed by atoms with E-state index in [-0.39, 0.29) is 24.0 Å². The predicted octanol–water partition coefficient (Wildman–Crippen LogP) is 3.27. The van der Waals surface area contributed by atoms with Gasteiger partial charge in [0, 0.05) is 24.8 Å². The first-order valence-electron chi connectivity index (χ1n) is 7.78. The fourth-order valence-electron chi connectivity index (χ4n) is 2.24. The van der Waals surface area contributed by atoms with Crippen LogP contribution in [-0.2, 0) is 13.1 Å². The van der Waals surface area contributed by atoms with E-state index in [9.17, 15) is 0 Å². The van der Waals surface area contributed by atoms with E-state index in [1.54, 1.807) is 13.3 Å². The lowest BCUT2D eigenvalue weighted by atomic mass is 10.1. The van der Waals surface area contributed by atoms with Gasteiger partial charge in [0.05, 0.1) is 13.7 Å².